The fourth-order valence-electron chi connectivity index (χ4n) is 3.63. The standard InChI is InChI=1S/C23H18N2O5S/c1-2-14-8-10-16(11-9-14)24-20(18-7-4-12-31-18)19(22(27)23(24)28)21(26)15-5-3-6-17(13-15)25(29)30/h3-13,20,26H,2H2,1H3/b21-19-. The van der Waals surface area contributed by atoms with Gasteiger partial charge in [0.25, 0.3) is 17.4 Å². The first-order valence-corrected chi connectivity index (χ1v) is 10.5. The van der Waals surface area contributed by atoms with Crippen LogP contribution in [0.2, 0.25) is 0 Å². The van der Waals surface area contributed by atoms with E-state index in [-0.39, 0.29) is 16.8 Å². The van der Waals surface area contributed by atoms with Crippen LogP contribution in [-0.4, -0.2) is 21.7 Å². The van der Waals surface area contributed by atoms with Gasteiger partial charge in [-0.25, -0.2) is 0 Å². The maximum Gasteiger partial charge on any atom is 0.300 e. The molecule has 0 radical (unpaired) electrons. The molecule has 3 aromatic rings. The number of ketones is 1. The number of benzene rings is 2. The van der Waals surface area contributed by atoms with Crippen LogP contribution in [0.1, 0.15) is 29.0 Å². The topological polar surface area (TPSA) is 101 Å². The number of thiophene rings is 1. The molecule has 1 saturated heterocycles. The van der Waals surface area contributed by atoms with E-state index >= 15 is 0 Å². The Morgan fingerprint density at radius 1 is 1.13 bits per heavy atom. The minimum Gasteiger partial charge on any atom is -0.507 e. The summed E-state index contributed by atoms with van der Waals surface area (Å²) >= 11 is 1.36. The molecule has 1 N–H and O–H groups in total. The second kappa shape index (κ2) is 8.16. The molecule has 1 aliphatic rings. The lowest BCUT2D eigenvalue weighted by molar-refractivity contribution is -0.384. The Hall–Kier alpha value is -3.78. The molecule has 2 aromatic carbocycles. The highest BCUT2D eigenvalue weighted by molar-refractivity contribution is 7.10. The van der Waals surface area contributed by atoms with Gasteiger partial charge in [-0.15, -0.1) is 11.3 Å². The van der Waals surface area contributed by atoms with Crippen molar-refractivity contribution in [3.63, 3.8) is 0 Å². The molecular formula is C23H18N2O5S. The SMILES string of the molecule is CCc1ccc(N2C(=O)C(=O)/C(=C(\O)c3cccc([N+](=O)[O-])c3)C2c2cccs2)cc1. The average Bonchev–Trinajstić information content (AvgIpc) is 3.40. The van der Waals surface area contributed by atoms with E-state index in [1.165, 1.54) is 40.5 Å². The van der Waals surface area contributed by atoms with E-state index in [0.717, 1.165) is 12.0 Å². The molecule has 1 fully saturated rings. The van der Waals surface area contributed by atoms with E-state index < -0.39 is 28.4 Å². The Kier molecular flexibility index (Phi) is 5.39. The normalized spacial score (nSPS) is 17.8. The highest BCUT2D eigenvalue weighted by Crippen LogP contribution is 2.43. The summed E-state index contributed by atoms with van der Waals surface area (Å²) in [5, 5.41) is 23.9. The molecule has 156 valence electrons. The Morgan fingerprint density at radius 3 is 2.48 bits per heavy atom. The van der Waals surface area contributed by atoms with Crippen molar-refractivity contribution in [2.24, 2.45) is 0 Å². The summed E-state index contributed by atoms with van der Waals surface area (Å²) in [5.41, 5.74) is 1.42. The summed E-state index contributed by atoms with van der Waals surface area (Å²) in [6.45, 7) is 2.02. The molecule has 0 bridgehead atoms. The molecule has 0 spiro atoms. The lowest BCUT2D eigenvalue weighted by atomic mass is 9.99. The van der Waals surface area contributed by atoms with Crippen molar-refractivity contribution in [1.29, 1.82) is 0 Å². The predicted octanol–water partition coefficient (Wildman–Crippen LogP) is 4.85. The molecule has 0 aliphatic carbocycles. The van der Waals surface area contributed by atoms with Crippen LogP contribution in [0.15, 0.2) is 71.6 Å². The summed E-state index contributed by atoms with van der Waals surface area (Å²) in [5.74, 6) is -2.02. The Balaban J connectivity index is 1.89. The van der Waals surface area contributed by atoms with Gasteiger partial charge in [-0.3, -0.25) is 24.6 Å². The number of anilines is 1. The van der Waals surface area contributed by atoms with Gasteiger partial charge in [0.1, 0.15) is 11.8 Å². The number of amides is 1. The molecule has 2 heterocycles. The summed E-state index contributed by atoms with van der Waals surface area (Å²) in [4.78, 5) is 38.7. The van der Waals surface area contributed by atoms with Crippen molar-refractivity contribution in [3.8, 4) is 0 Å². The smallest absolute Gasteiger partial charge is 0.300 e. The number of aliphatic hydroxyl groups is 1. The number of nitro groups is 1. The predicted molar refractivity (Wildman–Crippen MR) is 118 cm³/mol. The van der Waals surface area contributed by atoms with E-state index in [0.29, 0.717) is 10.6 Å². The summed E-state index contributed by atoms with van der Waals surface area (Å²) in [7, 11) is 0. The second-order valence-corrected chi connectivity index (χ2v) is 7.99. The third-order valence-corrected chi connectivity index (χ3v) is 6.14. The van der Waals surface area contributed by atoms with Crippen molar-refractivity contribution < 1.29 is 19.6 Å². The van der Waals surface area contributed by atoms with E-state index in [1.54, 1.807) is 24.3 Å². The molecule has 1 amide bonds. The molecule has 7 nitrogen and oxygen atoms in total. The van der Waals surface area contributed by atoms with E-state index in [9.17, 15) is 24.8 Å². The number of aryl methyl sites for hydroxylation is 1. The maximum absolute atomic E-state index is 13.0. The van der Waals surface area contributed by atoms with Crippen molar-refractivity contribution in [3.05, 3.63) is 97.7 Å². The first kappa shape index (κ1) is 20.5. The van der Waals surface area contributed by atoms with Crippen molar-refractivity contribution in [2.45, 2.75) is 19.4 Å². The molecule has 0 saturated carbocycles. The Labute approximate surface area is 182 Å². The zero-order valence-corrected chi connectivity index (χ0v) is 17.3. The number of hydrogen-bond acceptors (Lipinski definition) is 6. The van der Waals surface area contributed by atoms with Crippen LogP contribution in [-0.2, 0) is 16.0 Å². The first-order chi connectivity index (χ1) is 14.9. The van der Waals surface area contributed by atoms with Gasteiger partial charge in [0.05, 0.1) is 10.5 Å². The molecular weight excluding hydrogens is 416 g/mol. The van der Waals surface area contributed by atoms with Crippen LogP contribution in [0.25, 0.3) is 5.76 Å². The van der Waals surface area contributed by atoms with E-state index in [1.807, 2.05) is 24.4 Å². The van der Waals surface area contributed by atoms with Crippen molar-refractivity contribution >= 4 is 40.2 Å². The van der Waals surface area contributed by atoms with Crippen molar-refractivity contribution in [1.82, 2.24) is 0 Å². The largest absolute Gasteiger partial charge is 0.507 e. The van der Waals surface area contributed by atoms with Gasteiger partial charge in [-0.05, 0) is 35.6 Å². The third-order valence-electron chi connectivity index (χ3n) is 5.21. The number of rotatable bonds is 5. The summed E-state index contributed by atoms with van der Waals surface area (Å²) in [6.07, 6.45) is 0.834. The fourth-order valence-corrected chi connectivity index (χ4v) is 4.45. The molecule has 8 heteroatoms. The Bertz CT molecular complexity index is 1200. The lowest BCUT2D eigenvalue weighted by Gasteiger charge is -2.24. The maximum atomic E-state index is 13.0. The summed E-state index contributed by atoms with van der Waals surface area (Å²) in [6, 6.07) is 15.5. The van der Waals surface area contributed by atoms with E-state index in [4.69, 9.17) is 0 Å². The molecule has 31 heavy (non-hydrogen) atoms. The van der Waals surface area contributed by atoms with Gasteiger partial charge in [0.2, 0.25) is 0 Å². The number of Topliss-reactive ketones (excluding diaryl/α,β-unsaturated/α-hetero) is 1. The molecule has 1 unspecified atom stereocenters. The van der Waals surface area contributed by atoms with Crippen LogP contribution in [0.3, 0.4) is 0 Å². The third kappa shape index (κ3) is 3.62. The number of carbonyl (C=O) groups is 2. The second-order valence-electron chi connectivity index (χ2n) is 7.01. The van der Waals surface area contributed by atoms with E-state index in [2.05, 4.69) is 0 Å². The highest BCUT2D eigenvalue weighted by Gasteiger charge is 2.47. The molecule has 1 atom stereocenters. The monoisotopic (exact) mass is 434 g/mol. The van der Waals surface area contributed by atoms with Crippen LogP contribution in [0.4, 0.5) is 11.4 Å². The molecule has 4 rings (SSSR count). The van der Waals surface area contributed by atoms with Gasteiger partial charge in [0, 0.05) is 28.3 Å². The minimum absolute atomic E-state index is 0.0903. The molecule has 1 aromatic heterocycles. The average molecular weight is 434 g/mol. The van der Waals surface area contributed by atoms with Crippen LogP contribution < -0.4 is 4.90 Å². The highest BCUT2D eigenvalue weighted by atomic mass is 32.1. The van der Waals surface area contributed by atoms with Crippen LogP contribution in [0, 0.1) is 10.1 Å². The number of non-ortho nitro benzene ring substituents is 1. The Morgan fingerprint density at radius 2 is 1.87 bits per heavy atom. The first-order valence-electron chi connectivity index (χ1n) is 9.60. The summed E-state index contributed by atoms with van der Waals surface area (Å²) < 4.78 is 0. The minimum atomic E-state index is -0.832. The lowest BCUT2D eigenvalue weighted by Crippen LogP contribution is -2.29. The zero-order chi connectivity index (χ0) is 22.1. The van der Waals surface area contributed by atoms with Gasteiger partial charge in [0.15, 0.2) is 0 Å². The number of nitrogens with zero attached hydrogens (tertiary/aromatic N) is 2. The van der Waals surface area contributed by atoms with Gasteiger partial charge in [-0.2, -0.15) is 0 Å². The fraction of sp³-hybridized carbons (Fsp3) is 0.130. The van der Waals surface area contributed by atoms with Crippen molar-refractivity contribution in [2.75, 3.05) is 4.90 Å². The molecule has 1 aliphatic heterocycles. The van der Waals surface area contributed by atoms with Gasteiger partial charge >= 0.3 is 0 Å². The van der Waals surface area contributed by atoms with Gasteiger partial charge < -0.3 is 5.11 Å². The number of hydrogen-bond donors (Lipinski definition) is 1. The quantitative estimate of drug-likeness (QED) is 0.203. The van der Waals surface area contributed by atoms with Crippen LogP contribution >= 0.6 is 11.3 Å². The zero-order valence-electron chi connectivity index (χ0n) is 16.5. The van der Waals surface area contributed by atoms with Gasteiger partial charge in [-0.1, -0.05) is 37.3 Å². The number of nitro benzene ring substituents is 1. The number of aliphatic hydroxyl groups excluding tert-OH is 1. The van der Waals surface area contributed by atoms with Crippen LogP contribution in [0.5, 0.6) is 0 Å². The number of carbonyl (C=O) groups excluding carboxylic acids is 2.